The van der Waals surface area contributed by atoms with E-state index in [0.717, 1.165) is 36.0 Å². The number of rotatable bonds is 2. The highest BCUT2D eigenvalue weighted by atomic mass is 16.2. The molecule has 2 aliphatic heterocycles. The molecule has 0 bridgehead atoms. The number of hydrogen-bond donors (Lipinski definition) is 2. The minimum Gasteiger partial charge on any atom is -0.339 e. The average molecular weight is 341 g/mol. The highest BCUT2D eigenvalue weighted by Crippen LogP contribution is 2.46. The van der Waals surface area contributed by atoms with E-state index in [4.69, 9.17) is 0 Å². The Hall–Kier alpha value is -2.37. The van der Waals surface area contributed by atoms with Crippen molar-refractivity contribution in [1.29, 1.82) is 0 Å². The lowest BCUT2D eigenvalue weighted by Crippen LogP contribution is -2.54. The predicted molar refractivity (Wildman–Crippen MR) is 92.0 cm³/mol. The number of nitrogens with zero attached hydrogens (tertiary/aromatic N) is 1. The van der Waals surface area contributed by atoms with Crippen LogP contribution in [0.25, 0.3) is 0 Å². The van der Waals surface area contributed by atoms with Gasteiger partial charge in [-0.1, -0.05) is 35.7 Å². The second kappa shape index (κ2) is 5.31. The Bertz CT molecular complexity index is 764. The molecule has 3 fully saturated rings. The zero-order chi connectivity index (χ0) is 17.8. The van der Waals surface area contributed by atoms with E-state index in [-0.39, 0.29) is 18.4 Å². The van der Waals surface area contributed by atoms with Gasteiger partial charge >= 0.3 is 6.03 Å². The van der Waals surface area contributed by atoms with Crippen LogP contribution in [0.2, 0.25) is 0 Å². The first kappa shape index (κ1) is 16.1. The molecule has 1 atom stereocenters. The SMILES string of the molecule is Cc1cc(C)cc(C2(C(=O)N3CC[C@@]4(C3)NC(=O)NC4=O)CCC2)c1. The van der Waals surface area contributed by atoms with Crippen LogP contribution in [0.1, 0.15) is 42.4 Å². The van der Waals surface area contributed by atoms with Crippen molar-refractivity contribution in [2.75, 3.05) is 13.1 Å². The molecule has 1 aromatic carbocycles. The molecule has 1 aliphatic carbocycles. The van der Waals surface area contributed by atoms with Crippen molar-refractivity contribution in [2.45, 2.75) is 50.5 Å². The standard InChI is InChI=1S/C19H23N3O3/c1-12-8-13(2)10-14(9-12)18(4-3-5-18)16(24)22-7-6-19(11-22)15(23)20-17(25)21-19/h8-10H,3-7,11H2,1-2H3,(H2,20,21,23,25)/t19-/m0/s1. The Labute approximate surface area is 147 Å². The number of imide groups is 1. The van der Waals surface area contributed by atoms with E-state index in [9.17, 15) is 14.4 Å². The van der Waals surface area contributed by atoms with Crippen LogP contribution in [0.5, 0.6) is 0 Å². The fourth-order valence-electron chi connectivity index (χ4n) is 4.51. The molecule has 1 saturated carbocycles. The Morgan fingerprint density at radius 2 is 1.76 bits per heavy atom. The van der Waals surface area contributed by atoms with Crippen LogP contribution < -0.4 is 10.6 Å². The largest absolute Gasteiger partial charge is 0.339 e. The number of aryl methyl sites for hydroxylation is 2. The number of nitrogens with one attached hydrogen (secondary N) is 2. The second-order valence-electron chi connectivity index (χ2n) is 7.78. The van der Waals surface area contributed by atoms with E-state index in [1.165, 1.54) is 0 Å². The lowest BCUT2D eigenvalue weighted by molar-refractivity contribution is -0.140. The average Bonchev–Trinajstić information content (AvgIpc) is 3.01. The Morgan fingerprint density at radius 1 is 1.08 bits per heavy atom. The Kier molecular flexibility index (Phi) is 3.42. The lowest BCUT2D eigenvalue weighted by atomic mass is 9.63. The van der Waals surface area contributed by atoms with Gasteiger partial charge in [0.25, 0.3) is 5.91 Å². The van der Waals surface area contributed by atoms with Crippen LogP contribution in [0.4, 0.5) is 4.79 Å². The molecule has 2 heterocycles. The molecule has 6 nitrogen and oxygen atoms in total. The molecule has 2 N–H and O–H groups in total. The summed E-state index contributed by atoms with van der Waals surface area (Å²) in [6.45, 7) is 4.86. The highest BCUT2D eigenvalue weighted by Gasteiger charge is 2.55. The van der Waals surface area contributed by atoms with Crippen LogP contribution in [-0.2, 0) is 15.0 Å². The maximum atomic E-state index is 13.4. The summed E-state index contributed by atoms with van der Waals surface area (Å²) in [4.78, 5) is 38.8. The quantitative estimate of drug-likeness (QED) is 0.801. The molecule has 0 aromatic heterocycles. The smallest absolute Gasteiger partial charge is 0.322 e. The van der Waals surface area contributed by atoms with Crippen molar-refractivity contribution in [3.05, 3.63) is 34.9 Å². The van der Waals surface area contributed by atoms with Crippen molar-refractivity contribution < 1.29 is 14.4 Å². The van der Waals surface area contributed by atoms with Gasteiger partial charge in [-0.3, -0.25) is 14.9 Å². The molecule has 0 unspecified atom stereocenters. The maximum Gasteiger partial charge on any atom is 0.322 e. The summed E-state index contributed by atoms with van der Waals surface area (Å²) >= 11 is 0. The van der Waals surface area contributed by atoms with Gasteiger partial charge in [0.05, 0.1) is 12.0 Å². The molecular formula is C19H23N3O3. The van der Waals surface area contributed by atoms with E-state index in [0.29, 0.717) is 13.0 Å². The van der Waals surface area contributed by atoms with Crippen LogP contribution in [0, 0.1) is 13.8 Å². The van der Waals surface area contributed by atoms with Crippen LogP contribution in [-0.4, -0.2) is 41.4 Å². The third-order valence-electron chi connectivity index (χ3n) is 5.96. The van der Waals surface area contributed by atoms with E-state index < -0.39 is 17.0 Å². The lowest BCUT2D eigenvalue weighted by Gasteiger charge is -2.43. The van der Waals surface area contributed by atoms with Gasteiger partial charge in [0.15, 0.2) is 0 Å². The number of urea groups is 1. The van der Waals surface area contributed by atoms with Gasteiger partial charge in [0.1, 0.15) is 5.54 Å². The monoisotopic (exact) mass is 341 g/mol. The number of hydrogen-bond acceptors (Lipinski definition) is 3. The third-order valence-corrected chi connectivity index (χ3v) is 5.96. The molecule has 25 heavy (non-hydrogen) atoms. The molecule has 0 radical (unpaired) electrons. The third kappa shape index (κ3) is 2.34. The van der Waals surface area contributed by atoms with E-state index in [1.54, 1.807) is 4.90 Å². The summed E-state index contributed by atoms with van der Waals surface area (Å²) in [5, 5.41) is 5.01. The number of carbonyl (C=O) groups excluding carboxylic acids is 3. The zero-order valence-corrected chi connectivity index (χ0v) is 14.6. The first-order chi connectivity index (χ1) is 11.8. The van der Waals surface area contributed by atoms with Crippen molar-refractivity contribution in [3.8, 4) is 0 Å². The summed E-state index contributed by atoms with van der Waals surface area (Å²) in [7, 11) is 0. The summed E-state index contributed by atoms with van der Waals surface area (Å²) in [6, 6.07) is 5.87. The van der Waals surface area contributed by atoms with Gasteiger partial charge in [-0.2, -0.15) is 0 Å². The zero-order valence-electron chi connectivity index (χ0n) is 14.6. The summed E-state index contributed by atoms with van der Waals surface area (Å²) in [6.07, 6.45) is 3.20. The van der Waals surface area contributed by atoms with Crippen molar-refractivity contribution in [1.82, 2.24) is 15.5 Å². The second-order valence-corrected chi connectivity index (χ2v) is 7.78. The van der Waals surface area contributed by atoms with E-state index in [2.05, 4.69) is 42.7 Å². The van der Waals surface area contributed by atoms with E-state index >= 15 is 0 Å². The molecular weight excluding hydrogens is 318 g/mol. The highest BCUT2D eigenvalue weighted by molar-refractivity contribution is 6.08. The molecule has 1 aromatic rings. The Morgan fingerprint density at radius 3 is 2.28 bits per heavy atom. The molecule has 2 saturated heterocycles. The summed E-state index contributed by atoms with van der Waals surface area (Å²) in [5.41, 5.74) is 1.99. The van der Waals surface area contributed by atoms with Gasteiger partial charge in [-0.15, -0.1) is 0 Å². The first-order valence-electron chi connectivity index (χ1n) is 8.86. The summed E-state index contributed by atoms with van der Waals surface area (Å²) < 4.78 is 0. The number of likely N-dealkylation sites (tertiary alicyclic amines) is 1. The summed E-state index contributed by atoms with van der Waals surface area (Å²) in [5.74, 6) is -0.226. The molecule has 6 heteroatoms. The van der Waals surface area contributed by atoms with Gasteiger partial charge < -0.3 is 10.2 Å². The van der Waals surface area contributed by atoms with Gasteiger partial charge in [0.2, 0.25) is 5.91 Å². The predicted octanol–water partition coefficient (Wildman–Crippen LogP) is 1.54. The Balaban J connectivity index is 1.61. The fourth-order valence-corrected chi connectivity index (χ4v) is 4.51. The van der Waals surface area contributed by atoms with Gasteiger partial charge in [0, 0.05) is 6.54 Å². The number of carbonyl (C=O) groups is 3. The van der Waals surface area contributed by atoms with Crippen LogP contribution in [0.15, 0.2) is 18.2 Å². The minimum atomic E-state index is -0.944. The van der Waals surface area contributed by atoms with Gasteiger partial charge in [-0.05, 0) is 38.7 Å². The van der Waals surface area contributed by atoms with Gasteiger partial charge in [-0.25, -0.2) is 4.79 Å². The molecule has 1 spiro atoms. The molecule has 3 aliphatic rings. The van der Waals surface area contributed by atoms with Crippen LogP contribution in [0.3, 0.4) is 0 Å². The molecule has 4 rings (SSSR count). The van der Waals surface area contributed by atoms with Crippen molar-refractivity contribution >= 4 is 17.8 Å². The topological polar surface area (TPSA) is 78.5 Å². The minimum absolute atomic E-state index is 0.0922. The fraction of sp³-hybridized carbons (Fsp3) is 0.526. The molecule has 4 amide bonds. The number of amides is 4. The van der Waals surface area contributed by atoms with Crippen molar-refractivity contribution in [2.24, 2.45) is 0 Å². The number of benzene rings is 1. The molecule has 132 valence electrons. The maximum absolute atomic E-state index is 13.4. The van der Waals surface area contributed by atoms with Crippen LogP contribution >= 0.6 is 0 Å². The van der Waals surface area contributed by atoms with Crippen molar-refractivity contribution in [3.63, 3.8) is 0 Å². The normalized spacial score (nSPS) is 27.2. The first-order valence-corrected chi connectivity index (χ1v) is 8.86. The van der Waals surface area contributed by atoms with E-state index in [1.807, 2.05) is 0 Å².